The molecule has 0 bridgehead atoms. The Balaban J connectivity index is 1.72. The van der Waals surface area contributed by atoms with Crippen LogP contribution in [-0.4, -0.2) is 34.2 Å². The number of nitrogens with zero attached hydrogens (tertiary/aromatic N) is 2. The molecular weight excluding hydrogens is 326 g/mol. The van der Waals surface area contributed by atoms with Crippen molar-refractivity contribution in [2.45, 2.75) is 12.5 Å². The van der Waals surface area contributed by atoms with Crippen LogP contribution in [0.4, 0.5) is 0 Å². The molecule has 19 heavy (non-hydrogen) atoms. The zero-order valence-corrected chi connectivity index (χ0v) is 12.7. The molecular formula is C13H14BrN3OS. The summed E-state index contributed by atoms with van der Waals surface area (Å²) < 4.78 is 6.35. The lowest BCUT2D eigenvalue weighted by Gasteiger charge is -2.21. The van der Waals surface area contributed by atoms with Gasteiger partial charge in [0.25, 0.3) is 0 Å². The molecule has 1 aliphatic heterocycles. The maximum Gasteiger partial charge on any atom is 0.228 e. The molecule has 6 heteroatoms. The molecule has 0 aliphatic carbocycles. The topological polar surface area (TPSA) is 51.0 Å². The number of hydrogen-bond donors (Lipinski definition) is 1. The molecule has 1 aromatic heterocycles. The molecule has 0 radical (unpaired) electrons. The van der Waals surface area contributed by atoms with E-state index >= 15 is 0 Å². The summed E-state index contributed by atoms with van der Waals surface area (Å²) in [6.07, 6.45) is 0.800. The fraction of sp³-hybridized carbons (Fsp3) is 0.385. The Morgan fingerprint density at radius 2 is 2.42 bits per heavy atom. The fourth-order valence-electron chi connectivity index (χ4n) is 2.04. The highest BCUT2D eigenvalue weighted by molar-refractivity contribution is 9.10. The van der Waals surface area contributed by atoms with E-state index in [1.54, 1.807) is 0 Å². The lowest BCUT2D eigenvalue weighted by atomic mass is 10.2. The van der Waals surface area contributed by atoms with Crippen molar-refractivity contribution in [1.29, 1.82) is 0 Å². The number of halogens is 1. The van der Waals surface area contributed by atoms with Crippen molar-refractivity contribution in [2.75, 3.05) is 18.1 Å². The maximum atomic E-state index is 5.34. The van der Waals surface area contributed by atoms with Crippen LogP contribution < -0.4 is 5.32 Å². The van der Waals surface area contributed by atoms with Crippen LogP contribution in [0, 0.1) is 0 Å². The van der Waals surface area contributed by atoms with Gasteiger partial charge in [0.15, 0.2) is 0 Å². The molecule has 1 aliphatic rings. The Kier molecular flexibility index (Phi) is 4.20. The van der Waals surface area contributed by atoms with Gasteiger partial charge in [0.05, 0.1) is 0 Å². The van der Waals surface area contributed by atoms with E-state index in [2.05, 4.69) is 31.4 Å². The van der Waals surface area contributed by atoms with Crippen molar-refractivity contribution in [3.8, 4) is 11.4 Å². The third kappa shape index (κ3) is 3.38. The first-order valence-electron chi connectivity index (χ1n) is 6.21. The first-order chi connectivity index (χ1) is 9.31. The molecule has 0 spiro atoms. The van der Waals surface area contributed by atoms with E-state index in [1.165, 1.54) is 5.75 Å². The van der Waals surface area contributed by atoms with E-state index in [-0.39, 0.29) is 0 Å². The minimum absolute atomic E-state index is 0.439. The lowest BCUT2D eigenvalue weighted by Crippen LogP contribution is -2.38. The van der Waals surface area contributed by atoms with Gasteiger partial charge in [-0.25, -0.2) is 0 Å². The molecule has 1 saturated heterocycles. The van der Waals surface area contributed by atoms with Crippen molar-refractivity contribution >= 4 is 27.7 Å². The smallest absolute Gasteiger partial charge is 0.228 e. The number of thioether (sulfide) groups is 1. The van der Waals surface area contributed by atoms with Gasteiger partial charge in [-0.1, -0.05) is 33.2 Å². The number of aromatic nitrogens is 2. The predicted octanol–water partition coefficient (Wildman–Crippen LogP) is 2.75. The van der Waals surface area contributed by atoms with Gasteiger partial charge in [-0.05, 0) is 12.1 Å². The zero-order chi connectivity index (χ0) is 13.1. The van der Waals surface area contributed by atoms with E-state index in [4.69, 9.17) is 4.52 Å². The van der Waals surface area contributed by atoms with Crippen LogP contribution >= 0.6 is 27.7 Å². The standard InChI is InChI=1S/C13H14BrN3OS/c14-10-3-1-2-9(6-10)13-16-12(18-17-13)7-11-8-19-5-4-15-11/h1-3,6,11,15H,4-5,7-8H2. The van der Waals surface area contributed by atoms with Gasteiger partial charge in [-0.3, -0.25) is 0 Å². The van der Waals surface area contributed by atoms with Crippen molar-refractivity contribution in [3.05, 3.63) is 34.6 Å². The van der Waals surface area contributed by atoms with Gasteiger partial charge in [0.1, 0.15) is 0 Å². The summed E-state index contributed by atoms with van der Waals surface area (Å²) in [5.74, 6) is 3.65. The van der Waals surface area contributed by atoms with E-state index in [0.29, 0.717) is 17.8 Å². The number of nitrogens with one attached hydrogen (secondary N) is 1. The van der Waals surface area contributed by atoms with E-state index in [9.17, 15) is 0 Å². The zero-order valence-electron chi connectivity index (χ0n) is 10.3. The third-order valence-electron chi connectivity index (χ3n) is 2.97. The Labute approximate surface area is 124 Å². The minimum atomic E-state index is 0.439. The van der Waals surface area contributed by atoms with Crippen LogP contribution in [0.5, 0.6) is 0 Å². The molecule has 2 heterocycles. The fourth-order valence-corrected chi connectivity index (χ4v) is 3.39. The number of hydrogen-bond acceptors (Lipinski definition) is 5. The summed E-state index contributed by atoms with van der Waals surface area (Å²) in [5, 5.41) is 7.52. The first kappa shape index (κ1) is 13.1. The van der Waals surface area contributed by atoms with Gasteiger partial charge >= 0.3 is 0 Å². The van der Waals surface area contributed by atoms with Crippen molar-refractivity contribution in [1.82, 2.24) is 15.5 Å². The summed E-state index contributed by atoms with van der Waals surface area (Å²) in [5.41, 5.74) is 0.968. The Morgan fingerprint density at radius 1 is 1.47 bits per heavy atom. The van der Waals surface area contributed by atoms with Gasteiger partial charge in [-0.15, -0.1) is 0 Å². The summed E-state index contributed by atoms with van der Waals surface area (Å²) in [7, 11) is 0. The monoisotopic (exact) mass is 339 g/mol. The summed E-state index contributed by atoms with van der Waals surface area (Å²) >= 11 is 5.42. The SMILES string of the molecule is Brc1cccc(-c2noc(CC3CSCCN3)n2)c1. The highest BCUT2D eigenvalue weighted by atomic mass is 79.9. The molecule has 100 valence electrons. The van der Waals surface area contributed by atoms with Crippen LogP contribution in [-0.2, 0) is 6.42 Å². The van der Waals surface area contributed by atoms with Crippen LogP contribution in [0.15, 0.2) is 33.3 Å². The number of rotatable bonds is 3. The van der Waals surface area contributed by atoms with Crippen molar-refractivity contribution < 1.29 is 4.52 Å². The van der Waals surface area contributed by atoms with Crippen LogP contribution in [0.2, 0.25) is 0 Å². The molecule has 0 saturated carbocycles. The average molecular weight is 340 g/mol. The summed E-state index contributed by atoms with van der Waals surface area (Å²) in [4.78, 5) is 4.47. The summed E-state index contributed by atoms with van der Waals surface area (Å²) in [6, 6.07) is 8.36. The molecule has 1 atom stereocenters. The quantitative estimate of drug-likeness (QED) is 0.931. The Morgan fingerprint density at radius 3 is 3.21 bits per heavy atom. The highest BCUT2D eigenvalue weighted by Gasteiger charge is 2.17. The molecule has 1 aromatic carbocycles. The van der Waals surface area contributed by atoms with Gasteiger partial charge in [0, 0.05) is 40.5 Å². The second kappa shape index (κ2) is 6.07. The van der Waals surface area contributed by atoms with Crippen LogP contribution in [0.3, 0.4) is 0 Å². The van der Waals surface area contributed by atoms with E-state index in [0.717, 1.165) is 28.8 Å². The van der Waals surface area contributed by atoms with E-state index in [1.807, 2.05) is 36.0 Å². The van der Waals surface area contributed by atoms with Gasteiger partial charge in [-0.2, -0.15) is 16.7 Å². The molecule has 2 aromatic rings. The predicted molar refractivity (Wildman–Crippen MR) is 80.3 cm³/mol. The maximum absolute atomic E-state index is 5.34. The van der Waals surface area contributed by atoms with Crippen LogP contribution in [0.1, 0.15) is 5.89 Å². The largest absolute Gasteiger partial charge is 0.339 e. The first-order valence-corrected chi connectivity index (χ1v) is 8.16. The molecule has 0 amide bonds. The third-order valence-corrected chi connectivity index (χ3v) is 4.59. The van der Waals surface area contributed by atoms with Crippen LogP contribution in [0.25, 0.3) is 11.4 Å². The molecule has 4 nitrogen and oxygen atoms in total. The summed E-state index contributed by atoms with van der Waals surface area (Å²) in [6.45, 7) is 1.06. The van der Waals surface area contributed by atoms with Crippen molar-refractivity contribution in [3.63, 3.8) is 0 Å². The second-order valence-corrected chi connectivity index (χ2v) is 6.52. The lowest BCUT2D eigenvalue weighted by molar-refractivity contribution is 0.363. The van der Waals surface area contributed by atoms with Gasteiger partial charge < -0.3 is 9.84 Å². The average Bonchev–Trinajstić information content (AvgIpc) is 2.88. The molecule has 1 N–H and O–H groups in total. The Hall–Kier alpha value is -0.850. The Bertz CT molecular complexity index is 554. The normalized spacial score (nSPS) is 19.5. The van der Waals surface area contributed by atoms with Crippen molar-refractivity contribution in [2.24, 2.45) is 0 Å². The second-order valence-electron chi connectivity index (χ2n) is 4.45. The highest BCUT2D eigenvalue weighted by Crippen LogP contribution is 2.21. The molecule has 1 fully saturated rings. The van der Waals surface area contributed by atoms with Gasteiger partial charge in [0.2, 0.25) is 11.7 Å². The van der Waals surface area contributed by atoms with E-state index < -0.39 is 0 Å². The molecule has 3 rings (SSSR count). The molecule has 1 unspecified atom stereocenters. The minimum Gasteiger partial charge on any atom is -0.339 e. The number of benzene rings is 1.